The predicted molar refractivity (Wildman–Crippen MR) is 79.7 cm³/mol. The molecule has 0 saturated carbocycles. The summed E-state index contributed by atoms with van der Waals surface area (Å²) in [4.78, 5) is 10.4. The largest absolute Gasteiger partial charge is 0.382 e. The number of nitriles is 1. The highest BCUT2D eigenvalue weighted by molar-refractivity contribution is 5.59. The number of unbranched alkanes of at least 4 members (excludes halogenated alkanes) is 1. The van der Waals surface area contributed by atoms with E-state index in [9.17, 15) is 10.1 Å². The van der Waals surface area contributed by atoms with Gasteiger partial charge in [0.05, 0.1) is 4.92 Å². The molecule has 0 spiro atoms. The lowest BCUT2D eigenvalue weighted by Gasteiger charge is -2.19. The van der Waals surface area contributed by atoms with Gasteiger partial charge in [-0.15, -0.1) is 0 Å². The second kappa shape index (κ2) is 8.16. The number of rotatable bonds is 8. The first-order chi connectivity index (χ1) is 9.62. The van der Waals surface area contributed by atoms with E-state index in [1.165, 1.54) is 12.1 Å². The molecule has 1 rings (SSSR count). The Labute approximate surface area is 119 Å². The highest BCUT2D eigenvalue weighted by atomic mass is 16.6. The summed E-state index contributed by atoms with van der Waals surface area (Å²) in [6.07, 6.45) is 5.43. The Balaban J connectivity index is 2.87. The molecule has 1 atom stereocenters. The average Bonchev–Trinajstić information content (AvgIpc) is 2.44. The van der Waals surface area contributed by atoms with Crippen LogP contribution in [0.15, 0.2) is 18.2 Å². The van der Waals surface area contributed by atoms with Gasteiger partial charge in [-0.3, -0.25) is 10.1 Å². The van der Waals surface area contributed by atoms with E-state index in [0.717, 1.165) is 32.1 Å². The molecule has 108 valence electrons. The fourth-order valence-electron chi connectivity index (χ4n) is 2.19. The normalized spacial score (nSPS) is 11.7. The summed E-state index contributed by atoms with van der Waals surface area (Å²) in [6.45, 7) is 4.28. The lowest BCUT2D eigenvalue weighted by molar-refractivity contribution is -0.385. The van der Waals surface area contributed by atoms with Gasteiger partial charge >= 0.3 is 0 Å². The molecule has 0 aliphatic carbocycles. The van der Waals surface area contributed by atoms with Crippen LogP contribution in [0, 0.1) is 21.4 Å². The number of anilines is 1. The number of nitro groups is 1. The number of nitro benzene ring substituents is 1. The van der Waals surface area contributed by atoms with Crippen LogP contribution < -0.4 is 5.32 Å². The molecule has 0 amide bonds. The SMILES string of the molecule is CCCCC(CCC)Nc1ccc(C#N)c([N+](=O)[O-])c1. The first-order valence-corrected chi connectivity index (χ1v) is 7.07. The molecule has 5 nitrogen and oxygen atoms in total. The van der Waals surface area contributed by atoms with Crippen LogP contribution in [0.4, 0.5) is 11.4 Å². The minimum atomic E-state index is -0.509. The summed E-state index contributed by atoms with van der Waals surface area (Å²) in [6, 6.07) is 6.86. The first-order valence-electron chi connectivity index (χ1n) is 7.07. The Bertz CT molecular complexity index is 494. The average molecular weight is 275 g/mol. The molecule has 1 aromatic carbocycles. The minimum absolute atomic E-state index is 0.0983. The Morgan fingerprint density at radius 1 is 1.35 bits per heavy atom. The van der Waals surface area contributed by atoms with Gasteiger partial charge in [-0.25, -0.2) is 0 Å². The van der Waals surface area contributed by atoms with Crippen molar-refractivity contribution in [1.82, 2.24) is 0 Å². The molecular weight excluding hydrogens is 254 g/mol. The summed E-state index contributed by atoms with van der Waals surface area (Å²) in [5.41, 5.74) is 0.676. The molecule has 0 bridgehead atoms. The van der Waals surface area contributed by atoms with E-state index in [1.807, 2.05) is 6.07 Å². The molecule has 0 radical (unpaired) electrons. The third-order valence-corrected chi connectivity index (χ3v) is 3.23. The van der Waals surface area contributed by atoms with Crippen LogP contribution in [0.2, 0.25) is 0 Å². The van der Waals surface area contributed by atoms with Crippen LogP contribution >= 0.6 is 0 Å². The third kappa shape index (κ3) is 4.54. The van der Waals surface area contributed by atoms with Gasteiger partial charge in [-0.2, -0.15) is 5.26 Å². The van der Waals surface area contributed by atoms with Crippen molar-refractivity contribution in [2.24, 2.45) is 0 Å². The van der Waals surface area contributed by atoms with Crippen molar-refractivity contribution in [3.8, 4) is 6.07 Å². The Hall–Kier alpha value is -2.09. The molecule has 0 fully saturated rings. The van der Waals surface area contributed by atoms with Gasteiger partial charge in [-0.05, 0) is 25.0 Å². The van der Waals surface area contributed by atoms with E-state index < -0.39 is 4.92 Å². The second-order valence-corrected chi connectivity index (χ2v) is 4.87. The van der Waals surface area contributed by atoms with Gasteiger partial charge in [0.15, 0.2) is 0 Å². The van der Waals surface area contributed by atoms with E-state index in [-0.39, 0.29) is 11.3 Å². The monoisotopic (exact) mass is 275 g/mol. The van der Waals surface area contributed by atoms with E-state index in [1.54, 1.807) is 6.07 Å². The van der Waals surface area contributed by atoms with E-state index in [0.29, 0.717) is 11.7 Å². The van der Waals surface area contributed by atoms with Gasteiger partial charge in [0.25, 0.3) is 5.69 Å². The predicted octanol–water partition coefficient (Wildman–Crippen LogP) is 4.24. The third-order valence-electron chi connectivity index (χ3n) is 3.23. The lowest BCUT2D eigenvalue weighted by atomic mass is 10.0. The van der Waals surface area contributed by atoms with Crippen LogP contribution in [0.3, 0.4) is 0 Å². The smallest absolute Gasteiger partial charge is 0.289 e. The minimum Gasteiger partial charge on any atom is -0.382 e. The number of hydrogen-bond donors (Lipinski definition) is 1. The summed E-state index contributed by atoms with van der Waals surface area (Å²) in [5.74, 6) is 0. The highest BCUT2D eigenvalue weighted by Crippen LogP contribution is 2.24. The van der Waals surface area contributed by atoms with Crippen LogP contribution in [0.1, 0.15) is 51.5 Å². The number of nitrogens with one attached hydrogen (secondary N) is 1. The molecule has 0 saturated heterocycles. The molecule has 1 N–H and O–H groups in total. The molecule has 1 aromatic rings. The summed E-state index contributed by atoms with van der Waals surface area (Å²) in [5, 5.41) is 23.2. The molecule has 0 aliphatic rings. The van der Waals surface area contributed by atoms with Crippen LogP contribution in [0.25, 0.3) is 0 Å². The Morgan fingerprint density at radius 2 is 2.10 bits per heavy atom. The zero-order chi connectivity index (χ0) is 15.0. The number of hydrogen-bond acceptors (Lipinski definition) is 4. The second-order valence-electron chi connectivity index (χ2n) is 4.87. The van der Waals surface area contributed by atoms with E-state index in [4.69, 9.17) is 5.26 Å². The zero-order valence-corrected chi connectivity index (χ0v) is 12.1. The van der Waals surface area contributed by atoms with Gasteiger partial charge in [0.2, 0.25) is 0 Å². The molecular formula is C15H21N3O2. The maximum absolute atomic E-state index is 10.9. The quantitative estimate of drug-likeness (QED) is 0.568. The fourth-order valence-corrected chi connectivity index (χ4v) is 2.19. The lowest BCUT2D eigenvalue weighted by Crippen LogP contribution is -2.19. The number of benzene rings is 1. The van der Waals surface area contributed by atoms with Crippen molar-refractivity contribution in [2.45, 2.75) is 52.0 Å². The van der Waals surface area contributed by atoms with Crippen molar-refractivity contribution in [1.29, 1.82) is 5.26 Å². The van der Waals surface area contributed by atoms with Gasteiger partial charge < -0.3 is 5.32 Å². The van der Waals surface area contributed by atoms with E-state index in [2.05, 4.69) is 19.2 Å². The van der Waals surface area contributed by atoms with Crippen LogP contribution in [-0.4, -0.2) is 11.0 Å². The van der Waals surface area contributed by atoms with Crippen molar-refractivity contribution in [3.05, 3.63) is 33.9 Å². The maximum atomic E-state index is 10.9. The van der Waals surface area contributed by atoms with Crippen LogP contribution in [0.5, 0.6) is 0 Å². The molecule has 0 aliphatic heterocycles. The fraction of sp³-hybridized carbons (Fsp3) is 0.533. The van der Waals surface area contributed by atoms with Crippen molar-refractivity contribution < 1.29 is 4.92 Å². The summed E-state index contributed by atoms with van der Waals surface area (Å²) < 4.78 is 0. The van der Waals surface area contributed by atoms with E-state index >= 15 is 0 Å². The van der Waals surface area contributed by atoms with Crippen molar-refractivity contribution >= 4 is 11.4 Å². The topological polar surface area (TPSA) is 79.0 Å². The Kier molecular flexibility index (Phi) is 6.51. The van der Waals surface area contributed by atoms with Crippen molar-refractivity contribution in [3.63, 3.8) is 0 Å². The zero-order valence-electron chi connectivity index (χ0n) is 12.1. The van der Waals surface area contributed by atoms with Gasteiger partial charge in [-0.1, -0.05) is 33.1 Å². The van der Waals surface area contributed by atoms with Crippen molar-refractivity contribution in [2.75, 3.05) is 5.32 Å². The molecule has 20 heavy (non-hydrogen) atoms. The summed E-state index contributed by atoms with van der Waals surface area (Å²) >= 11 is 0. The highest BCUT2D eigenvalue weighted by Gasteiger charge is 2.15. The molecule has 5 heteroatoms. The number of nitrogens with zero attached hydrogens (tertiary/aromatic N) is 2. The molecule has 0 aromatic heterocycles. The first kappa shape index (κ1) is 16.0. The van der Waals surface area contributed by atoms with Gasteiger partial charge in [0, 0.05) is 17.8 Å². The molecule has 1 unspecified atom stereocenters. The Morgan fingerprint density at radius 3 is 2.65 bits per heavy atom. The van der Waals surface area contributed by atoms with Gasteiger partial charge in [0.1, 0.15) is 11.6 Å². The standard InChI is InChI=1S/C15H21N3O2/c1-3-5-7-13(6-4-2)17-14-9-8-12(11-16)15(10-14)18(19)20/h8-10,13,17H,3-7H2,1-2H3. The maximum Gasteiger partial charge on any atom is 0.289 e. The van der Waals surface area contributed by atoms with Crippen LogP contribution in [-0.2, 0) is 0 Å². The molecule has 0 heterocycles. The summed E-state index contributed by atoms with van der Waals surface area (Å²) in [7, 11) is 0.